The molecular formula is C43H68N4O11. The van der Waals surface area contributed by atoms with E-state index in [0.717, 1.165) is 5.56 Å². The highest BCUT2D eigenvalue weighted by molar-refractivity contribution is 5.85. The van der Waals surface area contributed by atoms with E-state index in [1.165, 1.54) is 7.11 Å². The molecule has 326 valence electrons. The van der Waals surface area contributed by atoms with Gasteiger partial charge in [0.15, 0.2) is 11.9 Å². The molecule has 2 amide bonds. The molecule has 58 heavy (non-hydrogen) atoms. The predicted octanol–water partition coefficient (Wildman–Crippen LogP) is 5.28. The van der Waals surface area contributed by atoms with Gasteiger partial charge in [-0.05, 0) is 84.5 Å². The third-order valence-electron chi connectivity index (χ3n) is 13.4. The molecule has 0 unspecified atom stereocenters. The van der Waals surface area contributed by atoms with E-state index >= 15 is 0 Å². The smallest absolute Gasteiger partial charge is 0.410 e. The van der Waals surface area contributed by atoms with Crippen molar-refractivity contribution in [1.82, 2.24) is 20.1 Å². The van der Waals surface area contributed by atoms with Crippen LogP contribution in [-0.2, 0) is 38.0 Å². The number of amides is 2. The standard InChI is InChI=1S/C43H68N4O11/c1-14-31-43(10)35(45-39(51)58-43)25(4)32(48)23(2)19-42(9,53-13)36(57-38-33(49)29(46(11)12)18-24(3)54-38)26(5)34(27(6)37(50)55-31)56-40(52)47-22-41(7,8)20-30(47)28-16-15-17-44-21-28/h15-17,21,23-27,29-31,33-36,38,49H,14,18-20,22H2,1-13H3,(H,45,51)/t23-,24-,25+,26+,27-,29+,30-,31-,33-,34+,35-,36-,38+,42-,43-/m1/s1. The van der Waals surface area contributed by atoms with E-state index in [1.54, 1.807) is 45.0 Å². The summed E-state index contributed by atoms with van der Waals surface area (Å²) in [6.07, 6.45) is -1.92. The second-order valence-electron chi connectivity index (χ2n) is 18.8. The molecule has 15 atom stereocenters. The zero-order chi connectivity index (χ0) is 43.1. The molecule has 1 aromatic heterocycles. The van der Waals surface area contributed by atoms with Crippen molar-refractivity contribution in [1.29, 1.82) is 0 Å². The van der Waals surface area contributed by atoms with Gasteiger partial charge >= 0.3 is 18.2 Å². The van der Waals surface area contributed by atoms with Crippen molar-refractivity contribution in [2.45, 2.75) is 161 Å². The third kappa shape index (κ3) is 9.18. The number of hydrogen-bond donors (Lipinski definition) is 2. The lowest BCUT2D eigenvalue weighted by molar-refractivity contribution is -0.301. The molecule has 5 heterocycles. The molecule has 0 aromatic carbocycles. The lowest BCUT2D eigenvalue weighted by Crippen LogP contribution is -2.61. The number of hydrogen-bond acceptors (Lipinski definition) is 13. The van der Waals surface area contributed by atoms with Crippen molar-refractivity contribution in [3.05, 3.63) is 30.1 Å². The molecule has 2 N–H and O–H groups in total. The van der Waals surface area contributed by atoms with Crippen molar-refractivity contribution in [3.8, 4) is 0 Å². The summed E-state index contributed by atoms with van der Waals surface area (Å²) in [5.41, 5.74) is -2.05. The highest BCUT2D eigenvalue weighted by Gasteiger charge is 2.58. The molecule has 15 nitrogen and oxygen atoms in total. The number of nitrogens with one attached hydrogen (secondary N) is 1. The van der Waals surface area contributed by atoms with Crippen LogP contribution in [0.5, 0.6) is 0 Å². The Bertz CT molecular complexity index is 1630. The molecule has 15 heteroatoms. The van der Waals surface area contributed by atoms with E-state index in [9.17, 15) is 24.3 Å². The van der Waals surface area contributed by atoms with Crippen LogP contribution in [0.2, 0.25) is 0 Å². The summed E-state index contributed by atoms with van der Waals surface area (Å²) in [6.45, 7) is 18.8. The number of esters is 1. The number of likely N-dealkylation sites (tertiary alicyclic amines) is 1. The molecular weight excluding hydrogens is 748 g/mol. The number of aliphatic hydroxyl groups is 1. The summed E-state index contributed by atoms with van der Waals surface area (Å²) >= 11 is 0. The second kappa shape index (κ2) is 17.7. The number of nitrogens with zero attached hydrogens (tertiary/aromatic N) is 3. The van der Waals surface area contributed by atoms with E-state index in [0.29, 0.717) is 19.4 Å². The van der Waals surface area contributed by atoms with Crippen LogP contribution in [0.15, 0.2) is 24.5 Å². The fraction of sp³-hybridized carbons (Fsp3) is 0.791. The molecule has 0 bridgehead atoms. The fourth-order valence-electron chi connectivity index (χ4n) is 10.1. The van der Waals surface area contributed by atoms with Crippen LogP contribution in [0.3, 0.4) is 0 Å². The Labute approximate surface area is 344 Å². The van der Waals surface area contributed by atoms with Gasteiger partial charge in [0.1, 0.15) is 24.1 Å². The SMILES string of the molecule is CC[C@H]1OC(=O)[C@H](C)[C@@H](OC(=O)N2CC(C)(C)C[C@@H]2c2cccnc2)[C@H](C)[C@@H](O[C@@H]2O[C@H](C)C[C@H](N(C)C)[C@H]2O)[C@](C)(OC)C[C@@H](C)C(=O)[C@H](C)[C@H]2NC(=O)O[C@@]21C. The van der Waals surface area contributed by atoms with Gasteiger partial charge in [-0.2, -0.15) is 0 Å². The number of aliphatic hydroxyl groups excluding tert-OH is 1. The summed E-state index contributed by atoms with van der Waals surface area (Å²) in [5, 5.41) is 14.5. The number of fused-ring (bicyclic) bond motifs is 1. The van der Waals surface area contributed by atoms with Gasteiger partial charge in [-0.15, -0.1) is 0 Å². The summed E-state index contributed by atoms with van der Waals surface area (Å²) in [4.78, 5) is 64.4. The fourth-order valence-corrected chi connectivity index (χ4v) is 10.1. The Morgan fingerprint density at radius 3 is 2.36 bits per heavy atom. The Balaban J connectivity index is 1.63. The average molecular weight is 817 g/mol. The van der Waals surface area contributed by atoms with Crippen LogP contribution in [0.4, 0.5) is 9.59 Å². The minimum absolute atomic E-state index is 0.134. The minimum atomic E-state index is -1.39. The van der Waals surface area contributed by atoms with Crippen molar-refractivity contribution >= 4 is 23.9 Å². The minimum Gasteiger partial charge on any atom is -0.458 e. The number of pyridine rings is 1. The molecule has 0 aliphatic carbocycles. The lowest BCUT2D eigenvalue weighted by Gasteiger charge is -2.48. The maximum Gasteiger partial charge on any atom is 0.410 e. The van der Waals surface area contributed by atoms with Gasteiger partial charge in [-0.3, -0.25) is 14.6 Å². The topological polar surface area (TPSA) is 175 Å². The molecule has 4 aliphatic heterocycles. The van der Waals surface area contributed by atoms with Crippen molar-refractivity contribution < 1.29 is 52.7 Å². The molecule has 5 rings (SSSR count). The van der Waals surface area contributed by atoms with Crippen LogP contribution in [0.1, 0.15) is 107 Å². The Morgan fingerprint density at radius 1 is 1.07 bits per heavy atom. The van der Waals surface area contributed by atoms with Crippen molar-refractivity contribution in [2.75, 3.05) is 27.7 Å². The first kappa shape index (κ1) is 45.7. The van der Waals surface area contributed by atoms with E-state index in [4.69, 9.17) is 28.4 Å². The normalized spacial score (nSPS) is 41.3. The number of methoxy groups -OCH3 is 1. The number of aromatic nitrogens is 1. The monoisotopic (exact) mass is 816 g/mol. The second-order valence-corrected chi connectivity index (χ2v) is 18.8. The van der Waals surface area contributed by atoms with Gasteiger partial charge < -0.3 is 48.6 Å². The number of ether oxygens (including phenoxy) is 6. The summed E-state index contributed by atoms with van der Waals surface area (Å²) < 4.78 is 38.2. The van der Waals surface area contributed by atoms with Gasteiger partial charge in [0, 0.05) is 49.8 Å². The number of ketones is 1. The van der Waals surface area contributed by atoms with E-state index in [1.807, 2.05) is 58.8 Å². The van der Waals surface area contributed by atoms with Gasteiger partial charge in [0.25, 0.3) is 0 Å². The van der Waals surface area contributed by atoms with Crippen molar-refractivity contribution in [3.63, 3.8) is 0 Å². The molecule has 1 aromatic rings. The van der Waals surface area contributed by atoms with E-state index < -0.39 is 89.8 Å². The largest absolute Gasteiger partial charge is 0.458 e. The molecule has 0 spiro atoms. The van der Waals surface area contributed by atoms with Gasteiger partial charge in [0.2, 0.25) is 0 Å². The summed E-state index contributed by atoms with van der Waals surface area (Å²) in [7, 11) is 5.29. The Morgan fingerprint density at radius 2 is 1.76 bits per heavy atom. The van der Waals surface area contributed by atoms with E-state index in [-0.39, 0.29) is 42.2 Å². The zero-order valence-electron chi connectivity index (χ0n) is 36.7. The molecule has 4 aliphatic rings. The first-order valence-corrected chi connectivity index (χ1v) is 20.9. The number of likely N-dealkylation sites (N-methyl/N-ethyl adjacent to an activating group) is 1. The number of Topliss-reactive ketones (excluding diaryl/α,β-unsaturated/α-hetero) is 1. The molecule has 4 fully saturated rings. The van der Waals surface area contributed by atoms with E-state index in [2.05, 4.69) is 24.1 Å². The average Bonchev–Trinajstić information content (AvgIpc) is 3.68. The van der Waals surface area contributed by atoms with Crippen LogP contribution >= 0.6 is 0 Å². The highest BCUT2D eigenvalue weighted by Crippen LogP contribution is 2.45. The summed E-state index contributed by atoms with van der Waals surface area (Å²) in [5.74, 6) is -4.13. The first-order chi connectivity index (χ1) is 27.1. The van der Waals surface area contributed by atoms with Gasteiger partial charge in [-0.1, -0.05) is 47.6 Å². The number of alkyl carbamates (subject to hydrolysis) is 1. The molecule has 4 saturated heterocycles. The van der Waals surface area contributed by atoms with Crippen LogP contribution in [-0.4, -0.2) is 132 Å². The quantitative estimate of drug-likeness (QED) is 0.269. The molecule has 0 radical (unpaired) electrons. The van der Waals surface area contributed by atoms with Crippen LogP contribution < -0.4 is 5.32 Å². The number of carbonyl (C=O) groups excluding carboxylic acids is 4. The number of carbonyl (C=O) groups is 4. The van der Waals surface area contributed by atoms with Crippen LogP contribution in [0.25, 0.3) is 0 Å². The number of rotatable bonds is 7. The Kier molecular flexibility index (Phi) is 13.9. The van der Waals surface area contributed by atoms with Gasteiger partial charge in [-0.25, -0.2) is 9.59 Å². The zero-order valence-corrected chi connectivity index (χ0v) is 36.7. The van der Waals surface area contributed by atoms with Gasteiger partial charge in [0.05, 0.1) is 35.8 Å². The molecule has 0 saturated carbocycles. The summed E-state index contributed by atoms with van der Waals surface area (Å²) in [6, 6.07) is 2.31. The highest BCUT2D eigenvalue weighted by atomic mass is 16.7. The predicted molar refractivity (Wildman–Crippen MR) is 213 cm³/mol. The third-order valence-corrected chi connectivity index (χ3v) is 13.4. The van der Waals surface area contributed by atoms with Crippen LogP contribution in [0, 0.1) is 29.1 Å². The Hall–Kier alpha value is -3.37. The van der Waals surface area contributed by atoms with Crippen molar-refractivity contribution in [2.24, 2.45) is 29.1 Å². The number of cyclic esters (lactones) is 1. The maximum absolute atomic E-state index is 14.7. The maximum atomic E-state index is 14.7. The first-order valence-electron chi connectivity index (χ1n) is 20.9. The lowest BCUT2D eigenvalue weighted by atomic mass is 9.73.